The number of carbonyl (C=O) groups is 1. The predicted molar refractivity (Wildman–Crippen MR) is 87.9 cm³/mol. The molecule has 1 unspecified atom stereocenters. The fourth-order valence-electron chi connectivity index (χ4n) is 3.09. The standard InChI is InChI=1S/C17H23N5O/c23-17(19-9-5-10-21-14-18-13-20-21)22-11-4-8-16(22)12-15-6-2-1-3-7-15/h1-3,6-7,13-14,16H,4-5,8-12H2,(H,19,23). The minimum absolute atomic E-state index is 0.0574. The molecule has 1 aromatic heterocycles. The number of aryl methyl sites for hydroxylation is 1. The van der Waals surface area contributed by atoms with E-state index in [0.29, 0.717) is 12.6 Å². The Morgan fingerprint density at radius 3 is 2.96 bits per heavy atom. The molecule has 2 heterocycles. The van der Waals surface area contributed by atoms with Crippen molar-refractivity contribution in [1.82, 2.24) is 25.0 Å². The summed E-state index contributed by atoms with van der Waals surface area (Å²) in [7, 11) is 0. The first-order valence-electron chi connectivity index (χ1n) is 8.24. The molecule has 1 fully saturated rings. The van der Waals surface area contributed by atoms with E-state index in [9.17, 15) is 4.79 Å². The first-order chi connectivity index (χ1) is 11.3. The fraction of sp³-hybridized carbons (Fsp3) is 0.471. The molecule has 1 aliphatic rings. The Morgan fingerprint density at radius 2 is 2.17 bits per heavy atom. The van der Waals surface area contributed by atoms with E-state index in [1.165, 1.54) is 11.9 Å². The molecular weight excluding hydrogens is 290 g/mol. The monoisotopic (exact) mass is 313 g/mol. The smallest absolute Gasteiger partial charge is 0.317 e. The Balaban J connectivity index is 1.44. The highest BCUT2D eigenvalue weighted by atomic mass is 16.2. The maximum Gasteiger partial charge on any atom is 0.317 e. The molecule has 2 amide bonds. The second-order valence-corrected chi connectivity index (χ2v) is 5.92. The van der Waals surface area contributed by atoms with E-state index in [2.05, 4.69) is 39.7 Å². The van der Waals surface area contributed by atoms with E-state index in [-0.39, 0.29) is 6.03 Å². The highest BCUT2D eigenvalue weighted by Gasteiger charge is 2.28. The first kappa shape index (κ1) is 15.5. The molecule has 6 heteroatoms. The summed E-state index contributed by atoms with van der Waals surface area (Å²) in [6.45, 7) is 2.29. The van der Waals surface area contributed by atoms with Gasteiger partial charge in [0.2, 0.25) is 0 Å². The van der Waals surface area contributed by atoms with Gasteiger partial charge in [0, 0.05) is 25.7 Å². The van der Waals surface area contributed by atoms with Gasteiger partial charge in [0.1, 0.15) is 12.7 Å². The van der Waals surface area contributed by atoms with Gasteiger partial charge >= 0.3 is 6.03 Å². The number of carbonyl (C=O) groups excluding carboxylic acids is 1. The van der Waals surface area contributed by atoms with Crippen molar-refractivity contribution in [2.45, 2.75) is 38.3 Å². The number of benzene rings is 1. The number of likely N-dealkylation sites (tertiary alicyclic amines) is 1. The molecular formula is C17H23N5O. The van der Waals surface area contributed by atoms with Crippen molar-refractivity contribution in [3.8, 4) is 0 Å². The van der Waals surface area contributed by atoms with E-state index in [0.717, 1.165) is 38.8 Å². The van der Waals surface area contributed by atoms with Crippen LogP contribution in [0.4, 0.5) is 4.79 Å². The Bertz CT molecular complexity index is 599. The van der Waals surface area contributed by atoms with Crippen molar-refractivity contribution in [3.05, 3.63) is 48.5 Å². The van der Waals surface area contributed by atoms with Crippen LogP contribution in [0.25, 0.3) is 0 Å². The quantitative estimate of drug-likeness (QED) is 0.831. The van der Waals surface area contributed by atoms with E-state index in [1.807, 2.05) is 11.0 Å². The molecule has 6 nitrogen and oxygen atoms in total. The molecule has 0 spiro atoms. The van der Waals surface area contributed by atoms with Gasteiger partial charge in [-0.25, -0.2) is 9.78 Å². The molecule has 1 aliphatic heterocycles. The largest absolute Gasteiger partial charge is 0.338 e. The Hall–Kier alpha value is -2.37. The molecule has 2 aromatic rings. The van der Waals surface area contributed by atoms with E-state index < -0.39 is 0 Å². The predicted octanol–water partition coefficient (Wildman–Crippen LogP) is 2.08. The average molecular weight is 313 g/mol. The number of aromatic nitrogens is 3. The molecule has 23 heavy (non-hydrogen) atoms. The van der Waals surface area contributed by atoms with Crippen LogP contribution >= 0.6 is 0 Å². The summed E-state index contributed by atoms with van der Waals surface area (Å²) in [5.74, 6) is 0. The van der Waals surface area contributed by atoms with Crippen LogP contribution in [0.5, 0.6) is 0 Å². The molecule has 0 radical (unpaired) electrons. The van der Waals surface area contributed by atoms with E-state index in [1.54, 1.807) is 11.0 Å². The lowest BCUT2D eigenvalue weighted by atomic mass is 10.0. The third kappa shape index (κ3) is 4.31. The topological polar surface area (TPSA) is 63.1 Å². The molecule has 0 saturated carbocycles. The van der Waals surface area contributed by atoms with Gasteiger partial charge in [-0.15, -0.1) is 0 Å². The van der Waals surface area contributed by atoms with E-state index in [4.69, 9.17) is 0 Å². The van der Waals surface area contributed by atoms with Crippen molar-refractivity contribution < 1.29 is 4.79 Å². The average Bonchev–Trinajstić information content (AvgIpc) is 3.24. The number of rotatable bonds is 6. The number of nitrogens with zero attached hydrogens (tertiary/aromatic N) is 4. The molecule has 3 rings (SSSR count). The second kappa shape index (κ2) is 7.76. The van der Waals surface area contributed by atoms with Gasteiger partial charge in [0.25, 0.3) is 0 Å². The number of nitrogens with one attached hydrogen (secondary N) is 1. The fourth-order valence-corrected chi connectivity index (χ4v) is 3.09. The Morgan fingerprint density at radius 1 is 1.30 bits per heavy atom. The Labute approximate surface area is 136 Å². The van der Waals surface area contributed by atoms with Gasteiger partial charge < -0.3 is 10.2 Å². The lowest BCUT2D eigenvalue weighted by molar-refractivity contribution is 0.192. The van der Waals surface area contributed by atoms with Gasteiger partial charge in [-0.2, -0.15) is 5.10 Å². The van der Waals surface area contributed by atoms with Crippen LogP contribution in [-0.2, 0) is 13.0 Å². The summed E-state index contributed by atoms with van der Waals surface area (Å²) in [5, 5.41) is 7.08. The number of urea groups is 1. The second-order valence-electron chi connectivity index (χ2n) is 5.92. The van der Waals surface area contributed by atoms with Crippen LogP contribution in [0.3, 0.4) is 0 Å². The summed E-state index contributed by atoms with van der Waals surface area (Å²) in [4.78, 5) is 18.3. The summed E-state index contributed by atoms with van der Waals surface area (Å²) in [5.41, 5.74) is 1.29. The van der Waals surface area contributed by atoms with Gasteiger partial charge in [0.15, 0.2) is 0 Å². The van der Waals surface area contributed by atoms with Crippen LogP contribution in [0.1, 0.15) is 24.8 Å². The lowest BCUT2D eigenvalue weighted by Crippen LogP contribution is -2.44. The maximum absolute atomic E-state index is 12.4. The van der Waals surface area contributed by atoms with Crippen LogP contribution in [0.15, 0.2) is 43.0 Å². The van der Waals surface area contributed by atoms with Crippen molar-refractivity contribution in [1.29, 1.82) is 0 Å². The summed E-state index contributed by atoms with van der Waals surface area (Å²) >= 11 is 0. The third-order valence-electron chi connectivity index (χ3n) is 4.26. The summed E-state index contributed by atoms with van der Waals surface area (Å²) in [6, 6.07) is 10.8. The van der Waals surface area contributed by atoms with Gasteiger partial charge in [0.05, 0.1) is 0 Å². The molecule has 122 valence electrons. The van der Waals surface area contributed by atoms with Crippen LogP contribution in [0, 0.1) is 0 Å². The zero-order chi connectivity index (χ0) is 15.9. The third-order valence-corrected chi connectivity index (χ3v) is 4.26. The normalized spacial score (nSPS) is 17.4. The highest BCUT2D eigenvalue weighted by Crippen LogP contribution is 2.21. The molecule has 1 saturated heterocycles. The minimum Gasteiger partial charge on any atom is -0.338 e. The summed E-state index contributed by atoms with van der Waals surface area (Å²) < 4.78 is 1.78. The van der Waals surface area contributed by atoms with Crippen molar-refractivity contribution in [2.24, 2.45) is 0 Å². The minimum atomic E-state index is 0.0574. The molecule has 1 aromatic carbocycles. The molecule has 1 N–H and O–H groups in total. The van der Waals surface area contributed by atoms with Gasteiger partial charge in [-0.05, 0) is 31.2 Å². The zero-order valence-corrected chi connectivity index (χ0v) is 13.3. The summed E-state index contributed by atoms with van der Waals surface area (Å²) in [6.07, 6.45) is 7.18. The first-order valence-corrected chi connectivity index (χ1v) is 8.24. The van der Waals surface area contributed by atoms with E-state index >= 15 is 0 Å². The zero-order valence-electron chi connectivity index (χ0n) is 13.3. The SMILES string of the molecule is O=C(NCCCn1cncn1)N1CCCC1Cc1ccccc1. The number of amides is 2. The van der Waals surface area contributed by atoms with Crippen LogP contribution in [0.2, 0.25) is 0 Å². The maximum atomic E-state index is 12.4. The lowest BCUT2D eigenvalue weighted by Gasteiger charge is -2.25. The highest BCUT2D eigenvalue weighted by molar-refractivity contribution is 5.74. The van der Waals surface area contributed by atoms with Crippen LogP contribution in [-0.4, -0.2) is 44.8 Å². The number of hydrogen-bond acceptors (Lipinski definition) is 3. The Kier molecular flexibility index (Phi) is 5.24. The molecule has 1 atom stereocenters. The molecule has 0 bridgehead atoms. The van der Waals surface area contributed by atoms with Crippen molar-refractivity contribution >= 4 is 6.03 Å². The van der Waals surface area contributed by atoms with Crippen molar-refractivity contribution in [2.75, 3.05) is 13.1 Å². The van der Waals surface area contributed by atoms with Gasteiger partial charge in [-0.3, -0.25) is 4.68 Å². The molecule has 0 aliphatic carbocycles. The van der Waals surface area contributed by atoms with Crippen LogP contribution < -0.4 is 5.32 Å². The van der Waals surface area contributed by atoms with Crippen molar-refractivity contribution in [3.63, 3.8) is 0 Å². The number of hydrogen-bond donors (Lipinski definition) is 1. The van der Waals surface area contributed by atoms with Gasteiger partial charge in [-0.1, -0.05) is 30.3 Å².